The monoisotopic (exact) mass is 412 g/mol. The number of hydrogen-bond acceptors (Lipinski definition) is 4. The number of unbranched alkanes of at least 4 members (excludes halogenated alkanes) is 14. The van der Waals surface area contributed by atoms with Crippen molar-refractivity contribution in [3.8, 4) is 0 Å². The Hall–Kier alpha value is -1.10. The van der Waals surface area contributed by atoms with Gasteiger partial charge in [-0.2, -0.15) is 5.48 Å². The molecule has 0 aliphatic rings. The molecule has 0 aliphatic carbocycles. The van der Waals surface area contributed by atoms with Crippen molar-refractivity contribution in [3.63, 3.8) is 0 Å². The summed E-state index contributed by atoms with van der Waals surface area (Å²) >= 11 is 0. The summed E-state index contributed by atoms with van der Waals surface area (Å²) < 4.78 is 0. The fraction of sp³-hybridized carbons (Fsp3) is 0.917. The summed E-state index contributed by atoms with van der Waals surface area (Å²) in [7, 11) is 0. The Balaban J connectivity index is 3.31. The topological polar surface area (TPSA) is 58.6 Å². The van der Waals surface area contributed by atoms with Gasteiger partial charge in [-0.25, -0.2) is 4.79 Å². The predicted molar refractivity (Wildman–Crippen MR) is 122 cm³/mol. The van der Waals surface area contributed by atoms with E-state index in [0.717, 1.165) is 25.9 Å². The summed E-state index contributed by atoms with van der Waals surface area (Å²) in [5.41, 5.74) is 2.25. The van der Waals surface area contributed by atoms with Gasteiger partial charge in [0.15, 0.2) is 0 Å². The van der Waals surface area contributed by atoms with Gasteiger partial charge >= 0.3 is 5.97 Å². The van der Waals surface area contributed by atoms with Crippen LogP contribution in [0.1, 0.15) is 124 Å². The fourth-order valence-corrected chi connectivity index (χ4v) is 3.49. The SMILES string of the molecule is CCCCCCCCCCCCCCCCCC(=O)ONC(=O)CN(CC)CC. The third kappa shape index (κ3) is 20.0. The molecule has 0 saturated carbocycles. The minimum Gasteiger partial charge on any atom is -0.341 e. The summed E-state index contributed by atoms with van der Waals surface area (Å²) in [6.07, 6.45) is 19.9. The van der Waals surface area contributed by atoms with Gasteiger partial charge in [-0.05, 0) is 19.5 Å². The van der Waals surface area contributed by atoms with Crippen LogP contribution in [0.3, 0.4) is 0 Å². The lowest BCUT2D eigenvalue weighted by Crippen LogP contribution is -2.38. The average molecular weight is 413 g/mol. The van der Waals surface area contributed by atoms with Gasteiger partial charge < -0.3 is 4.84 Å². The molecule has 0 aromatic carbocycles. The second kappa shape index (κ2) is 21.6. The highest BCUT2D eigenvalue weighted by molar-refractivity contribution is 5.79. The van der Waals surface area contributed by atoms with E-state index >= 15 is 0 Å². The molecule has 1 amide bonds. The molecule has 0 heterocycles. The summed E-state index contributed by atoms with van der Waals surface area (Å²) in [6, 6.07) is 0. The minimum atomic E-state index is -0.340. The first-order valence-corrected chi connectivity index (χ1v) is 12.3. The molecule has 5 nitrogen and oxygen atoms in total. The third-order valence-electron chi connectivity index (χ3n) is 5.52. The second-order valence-electron chi connectivity index (χ2n) is 8.16. The molecule has 0 spiro atoms. The van der Waals surface area contributed by atoms with Crippen LogP contribution in [0.25, 0.3) is 0 Å². The molecule has 172 valence electrons. The van der Waals surface area contributed by atoms with Crippen LogP contribution in [0.2, 0.25) is 0 Å². The average Bonchev–Trinajstić information content (AvgIpc) is 2.73. The zero-order valence-electron chi connectivity index (χ0n) is 19.6. The highest BCUT2D eigenvalue weighted by atomic mass is 16.7. The molecule has 0 rings (SSSR count). The molecule has 0 atom stereocenters. The van der Waals surface area contributed by atoms with Crippen molar-refractivity contribution in [1.29, 1.82) is 0 Å². The van der Waals surface area contributed by atoms with Crippen LogP contribution in [-0.2, 0) is 14.4 Å². The van der Waals surface area contributed by atoms with Gasteiger partial charge in [0.05, 0.1) is 6.54 Å². The van der Waals surface area contributed by atoms with Crippen LogP contribution in [0.15, 0.2) is 0 Å². The van der Waals surface area contributed by atoms with Crippen LogP contribution in [0.4, 0.5) is 0 Å². The van der Waals surface area contributed by atoms with Gasteiger partial charge in [0.25, 0.3) is 5.91 Å². The second-order valence-corrected chi connectivity index (χ2v) is 8.16. The van der Waals surface area contributed by atoms with E-state index in [0.29, 0.717) is 6.42 Å². The van der Waals surface area contributed by atoms with E-state index in [2.05, 4.69) is 12.4 Å². The van der Waals surface area contributed by atoms with Gasteiger partial charge in [-0.3, -0.25) is 9.69 Å². The first-order valence-electron chi connectivity index (χ1n) is 12.3. The third-order valence-corrected chi connectivity index (χ3v) is 5.52. The Bertz CT molecular complexity index is 384. The first-order chi connectivity index (χ1) is 14.1. The number of amides is 1. The minimum absolute atomic E-state index is 0.263. The van der Waals surface area contributed by atoms with Crippen LogP contribution in [0, 0.1) is 0 Å². The molecule has 29 heavy (non-hydrogen) atoms. The maximum atomic E-state index is 11.7. The van der Waals surface area contributed by atoms with Gasteiger partial charge in [0.2, 0.25) is 0 Å². The van der Waals surface area contributed by atoms with E-state index in [1.54, 1.807) is 0 Å². The van der Waals surface area contributed by atoms with Gasteiger partial charge in [-0.1, -0.05) is 111 Å². The Morgan fingerprint density at radius 3 is 1.48 bits per heavy atom. The molecule has 0 radical (unpaired) electrons. The van der Waals surface area contributed by atoms with Gasteiger partial charge in [0.1, 0.15) is 0 Å². The Morgan fingerprint density at radius 2 is 1.07 bits per heavy atom. The number of rotatable bonds is 20. The summed E-state index contributed by atoms with van der Waals surface area (Å²) in [4.78, 5) is 30.1. The van der Waals surface area contributed by atoms with Crippen molar-refractivity contribution in [3.05, 3.63) is 0 Å². The molecular formula is C24H48N2O3. The number of carbonyl (C=O) groups is 2. The Kier molecular flexibility index (Phi) is 20.8. The molecular weight excluding hydrogens is 364 g/mol. The van der Waals surface area contributed by atoms with Gasteiger partial charge in [0, 0.05) is 6.42 Å². The highest BCUT2D eigenvalue weighted by Gasteiger charge is 2.09. The zero-order valence-corrected chi connectivity index (χ0v) is 19.6. The molecule has 5 heteroatoms. The molecule has 0 bridgehead atoms. The van der Waals surface area contributed by atoms with E-state index in [-0.39, 0.29) is 18.4 Å². The lowest BCUT2D eigenvalue weighted by molar-refractivity contribution is -0.158. The Labute approximate surface area is 180 Å². The largest absolute Gasteiger partial charge is 0.341 e. The molecule has 1 N–H and O–H groups in total. The molecule has 0 unspecified atom stereocenters. The lowest BCUT2D eigenvalue weighted by atomic mass is 10.0. The molecule has 0 fully saturated rings. The number of carbonyl (C=O) groups excluding carboxylic acids is 2. The van der Waals surface area contributed by atoms with Crippen molar-refractivity contribution < 1.29 is 14.4 Å². The van der Waals surface area contributed by atoms with Crippen molar-refractivity contribution in [2.45, 2.75) is 124 Å². The molecule has 0 saturated heterocycles. The van der Waals surface area contributed by atoms with E-state index in [1.807, 2.05) is 18.7 Å². The van der Waals surface area contributed by atoms with Gasteiger partial charge in [-0.15, -0.1) is 0 Å². The van der Waals surface area contributed by atoms with Crippen LogP contribution < -0.4 is 5.48 Å². The number of nitrogens with zero attached hydrogens (tertiary/aromatic N) is 1. The summed E-state index contributed by atoms with van der Waals surface area (Å²) in [5, 5.41) is 0. The molecule has 0 aliphatic heterocycles. The summed E-state index contributed by atoms with van der Waals surface area (Å²) in [6.45, 7) is 8.14. The van der Waals surface area contributed by atoms with Crippen LogP contribution in [0.5, 0.6) is 0 Å². The standard InChI is InChI=1S/C24H48N2O3/c1-4-7-8-9-10-11-12-13-14-15-16-17-18-19-20-21-24(28)29-25-23(27)22-26(5-2)6-3/h4-22H2,1-3H3,(H,25,27). The number of hydrogen-bond donors (Lipinski definition) is 1. The van der Waals surface area contributed by atoms with Crippen molar-refractivity contribution >= 4 is 11.9 Å². The zero-order chi connectivity index (χ0) is 21.6. The quantitative estimate of drug-likeness (QED) is 0.192. The Morgan fingerprint density at radius 1 is 0.655 bits per heavy atom. The van der Waals surface area contributed by atoms with E-state index in [4.69, 9.17) is 4.84 Å². The maximum Gasteiger partial charge on any atom is 0.332 e. The maximum absolute atomic E-state index is 11.7. The number of nitrogens with one attached hydrogen (secondary N) is 1. The molecule has 0 aromatic heterocycles. The van der Waals surface area contributed by atoms with E-state index < -0.39 is 0 Å². The summed E-state index contributed by atoms with van der Waals surface area (Å²) in [5.74, 6) is -0.605. The first kappa shape index (κ1) is 27.9. The number of likely N-dealkylation sites (N-methyl/N-ethyl adjacent to an activating group) is 1. The fourth-order valence-electron chi connectivity index (χ4n) is 3.49. The van der Waals surface area contributed by atoms with Crippen LogP contribution in [-0.4, -0.2) is 36.4 Å². The number of hydroxylamine groups is 1. The highest BCUT2D eigenvalue weighted by Crippen LogP contribution is 2.13. The van der Waals surface area contributed by atoms with E-state index in [1.165, 1.54) is 83.5 Å². The smallest absolute Gasteiger partial charge is 0.332 e. The van der Waals surface area contributed by atoms with Crippen molar-refractivity contribution in [2.75, 3.05) is 19.6 Å². The molecule has 0 aromatic rings. The van der Waals surface area contributed by atoms with Crippen LogP contribution >= 0.6 is 0 Å². The van der Waals surface area contributed by atoms with E-state index in [9.17, 15) is 9.59 Å². The van der Waals surface area contributed by atoms with Crippen molar-refractivity contribution in [2.24, 2.45) is 0 Å². The lowest BCUT2D eigenvalue weighted by Gasteiger charge is -2.16. The normalized spacial score (nSPS) is 11.0. The predicted octanol–water partition coefficient (Wildman–Crippen LogP) is 6.16. The van der Waals surface area contributed by atoms with Crippen molar-refractivity contribution in [1.82, 2.24) is 10.4 Å².